The summed E-state index contributed by atoms with van der Waals surface area (Å²) in [5.74, 6) is 0.215. The van der Waals surface area contributed by atoms with Gasteiger partial charge in [-0.3, -0.25) is 0 Å². The number of aromatic hydroxyl groups is 2. The highest BCUT2D eigenvalue weighted by atomic mass is 16.7. The Bertz CT molecular complexity index is 1040. The quantitative estimate of drug-likeness (QED) is 0.297. The molecule has 0 radical (unpaired) electrons. The topological polar surface area (TPSA) is 179 Å². The van der Waals surface area contributed by atoms with Crippen molar-refractivity contribution in [3.63, 3.8) is 0 Å². The molecule has 1 saturated heterocycles. The second kappa shape index (κ2) is 9.45. The summed E-state index contributed by atoms with van der Waals surface area (Å²) in [6.45, 7) is 0.926. The Morgan fingerprint density at radius 3 is 2.38 bits per heavy atom. The number of aliphatic hydroxyl groups is 5. The molecule has 11 nitrogen and oxygen atoms in total. The number of fused-ring (bicyclic) bond motifs is 1. The van der Waals surface area contributed by atoms with E-state index in [2.05, 4.69) is 0 Å². The lowest BCUT2D eigenvalue weighted by Crippen LogP contribution is -2.60. The molecule has 2 heterocycles. The third-order valence-electron chi connectivity index (χ3n) is 6.19. The molecule has 0 spiro atoms. The van der Waals surface area contributed by atoms with Gasteiger partial charge in [0.2, 0.25) is 6.29 Å². The average molecular weight is 480 g/mol. The van der Waals surface area contributed by atoms with Crippen LogP contribution < -0.4 is 14.2 Å². The van der Waals surface area contributed by atoms with Crippen molar-refractivity contribution in [1.82, 2.24) is 0 Å². The number of hydrogen-bond acceptors (Lipinski definition) is 11. The van der Waals surface area contributed by atoms with Gasteiger partial charge in [-0.1, -0.05) is 6.07 Å². The lowest BCUT2D eigenvalue weighted by Gasteiger charge is -2.40. The summed E-state index contributed by atoms with van der Waals surface area (Å²) in [4.78, 5) is 0. The van der Waals surface area contributed by atoms with E-state index in [9.17, 15) is 35.7 Å². The van der Waals surface area contributed by atoms with Crippen LogP contribution >= 0.6 is 0 Å². The van der Waals surface area contributed by atoms with Crippen molar-refractivity contribution in [2.45, 2.75) is 56.3 Å². The Morgan fingerprint density at radius 2 is 1.74 bits per heavy atom. The fourth-order valence-corrected chi connectivity index (χ4v) is 4.22. The lowest BCUT2D eigenvalue weighted by atomic mass is 9.92. The average Bonchev–Trinajstić information content (AvgIpc) is 2.82. The molecule has 7 atom stereocenters. The standard InChI is InChI=1S/C23H28O11/c1-9-12(25)7-16-11(21(9)34-23-20(30)19(29)18(28)17(8-24)33-23)6-14(27)22(32-16)10-3-4-15(31-2)13(26)5-10/h3-5,7,14,17-20,22-30H,6,8H2,1-2H3. The number of hydrogen-bond donors (Lipinski definition) is 7. The van der Waals surface area contributed by atoms with Gasteiger partial charge in [0.05, 0.1) is 19.8 Å². The van der Waals surface area contributed by atoms with Gasteiger partial charge >= 0.3 is 0 Å². The van der Waals surface area contributed by atoms with E-state index in [4.69, 9.17) is 18.9 Å². The van der Waals surface area contributed by atoms with Crippen LogP contribution in [-0.4, -0.2) is 86.3 Å². The normalized spacial score (nSPS) is 30.9. The molecule has 0 amide bonds. The molecule has 2 aliphatic rings. The summed E-state index contributed by atoms with van der Waals surface area (Å²) < 4.78 is 22.2. The largest absolute Gasteiger partial charge is 0.507 e. The van der Waals surface area contributed by atoms with Crippen LogP contribution in [0.2, 0.25) is 0 Å². The second-order valence-corrected chi connectivity index (χ2v) is 8.38. The van der Waals surface area contributed by atoms with E-state index in [1.165, 1.54) is 25.3 Å². The van der Waals surface area contributed by atoms with Crippen molar-refractivity contribution in [2.75, 3.05) is 13.7 Å². The molecule has 11 heteroatoms. The molecule has 4 rings (SSSR count). The second-order valence-electron chi connectivity index (χ2n) is 8.38. The van der Waals surface area contributed by atoms with Gasteiger partial charge < -0.3 is 54.7 Å². The van der Waals surface area contributed by atoms with E-state index in [0.717, 1.165) is 0 Å². The molecule has 7 unspecified atom stereocenters. The minimum Gasteiger partial charge on any atom is -0.507 e. The fourth-order valence-electron chi connectivity index (χ4n) is 4.22. The van der Waals surface area contributed by atoms with Gasteiger partial charge in [0.1, 0.15) is 47.8 Å². The van der Waals surface area contributed by atoms with Gasteiger partial charge in [-0.05, 0) is 24.6 Å². The number of aliphatic hydroxyl groups excluding tert-OH is 5. The van der Waals surface area contributed by atoms with Crippen molar-refractivity contribution >= 4 is 0 Å². The molecule has 0 saturated carbocycles. The predicted molar refractivity (Wildman–Crippen MR) is 115 cm³/mol. The van der Waals surface area contributed by atoms with Crippen molar-refractivity contribution in [2.24, 2.45) is 0 Å². The van der Waals surface area contributed by atoms with E-state index in [1.807, 2.05) is 0 Å². The number of methoxy groups -OCH3 is 1. The highest BCUT2D eigenvalue weighted by Crippen LogP contribution is 2.46. The zero-order chi connectivity index (χ0) is 24.7. The summed E-state index contributed by atoms with van der Waals surface area (Å²) in [7, 11) is 1.42. The van der Waals surface area contributed by atoms with Gasteiger partial charge in [0.25, 0.3) is 0 Å². The molecule has 0 aliphatic carbocycles. The summed E-state index contributed by atoms with van der Waals surface area (Å²) in [5.41, 5.74) is 1.13. The summed E-state index contributed by atoms with van der Waals surface area (Å²) in [6.07, 6.45) is -9.41. The molecule has 2 aromatic carbocycles. The molecular weight excluding hydrogens is 452 g/mol. The number of phenols is 2. The van der Waals surface area contributed by atoms with Gasteiger partial charge in [0.15, 0.2) is 11.5 Å². The Kier molecular flexibility index (Phi) is 6.76. The van der Waals surface area contributed by atoms with Crippen molar-refractivity contribution in [3.05, 3.63) is 41.0 Å². The maximum absolute atomic E-state index is 10.8. The maximum Gasteiger partial charge on any atom is 0.229 e. The Labute approximate surface area is 195 Å². The molecule has 186 valence electrons. The Morgan fingerprint density at radius 1 is 1.00 bits per heavy atom. The molecule has 7 N–H and O–H groups in total. The Hall–Kier alpha value is -2.80. The molecule has 2 aromatic rings. The van der Waals surface area contributed by atoms with Crippen LogP contribution in [0.3, 0.4) is 0 Å². The molecule has 1 fully saturated rings. The van der Waals surface area contributed by atoms with E-state index in [0.29, 0.717) is 11.1 Å². The minimum absolute atomic E-state index is 0.0284. The summed E-state index contributed by atoms with van der Waals surface area (Å²) in [5, 5.41) is 71.2. The van der Waals surface area contributed by atoms with E-state index < -0.39 is 49.5 Å². The van der Waals surface area contributed by atoms with Crippen LogP contribution in [0.4, 0.5) is 0 Å². The van der Waals surface area contributed by atoms with Crippen molar-refractivity contribution < 1.29 is 54.7 Å². The molecule has 0 bridgehead atoms. The monoisotopic (exact) mass is 480 g/mol. The van der Waals surface area contributed by atoms with Crippen LogP contribution in [0.1, 0.15) is 22.8 Å². The first-order chi connectivity index (χ1) is 16.2. The van der Waals surface area contributed by atoms with Crippen molar-refractivity contribution in [1.29, 1.82) is 0 Å². The summed E-state index contributed by atoms with van der Waals surface area (Å²) >= 11 is 0. The van der Waals surface area contributed by atoms with Gasteiger partial charge in [-0.25, -0.2) is 0 Å². The third-order valence-corrected chi connectivity index (χ3v) is 6.19. The zero-order valence-electron chi connectivity index (χ0n) is 18.5. The van der Waals surface area contributed by atoms with E-state index in [-0.39, 0.29) is 40.7 Å². The van der Waals surface area contributed by atoms with Gasteiger partial charge in [-0.2, -0.15) is 0 Å². The predicted octanol–water partition coefficient (Wildman–Crippen LogP) is -0.369. The Balaban J connectivity index is 1.66. The molecule has 2 aliphatic heterocycles. The number of benzene rings is 2. The first-order valence-electron chi connectivity index (χ1n) is 10.7. The molecule has 0 aromatic heterocycles. The first-order valence-corrected chi connectivity index (χ1v) is 10.7. The maximum atomic E-state index is 10.8. The van der Waals surface area contributed by atoms with Crippen LogP contribution in [0, 0.1) is 6.92 Å². The molecular formula is C23H28O11. The SMILES string of the molecule is COc1ccc(C2Oc3cc(O)c(C)c(OC4OC(CO)C(O)C(O)C4O)c3CC2O)cc1O. The van der Waals surface area contributed by atoms with E-state index >= 15 is 0 Å². The fraction of sp³-hybridized carbons (Fsp3) is 0.478. The number of rotatable bonds is 5. The highest BCUT2D eigenvalue weighted by Gasteiger charge is 2.45. The van der Waals surface area contributed by atoms with Crippen LogP contribution in [0.15, 0.2) is 24.3 Å². The smallest absolute Gasteiger partial charge is 0.229 e. The van der Waals surface area contributed by atoms with Crippen LogP contribution in [0.5, 0.6) is 28.7 Å². The van der Waals surface area contributed by atoms with Gasteiger partial charge in [-0.15, -0.1) is 0 Å². The van der Waals surface area contributed by atoms with Gasteiger partial charge in [0, 0.05) is 23.6 Å². The molecule has 34 heavy (non-hydrogen) atoms. The van der Waals surface area contributed by atoms with E-state index in [1.54, 1.807) is 13.0 Å². The zero-order valence-corrected chi connectivity index (χ0v) is 18.5. The summed E-state index contributed by atoms with van der Waals surface area (Å²) in [6, 6.07) is 5.96. The lowest BCUT2D eigenvalue weighted by molar-refractivity contribution is -0.277. The highest BCUT2D eigenvalue weighted by molar-refractivity contribution is 5.58. The van der Waals surface area contributed by atoms with Crippen LogP contribution in [-0.2, 0) is 11.2 Å². The van der Waals surface area contributed by atoms with Crippen LogP contribution in [0.25, 0.3) is 0 Å². The van der Waals surface area contributed by atoms with Crippen molar-refractivity contribution in [3.8, 4) is 28.7 Å². The number of ether oxygens (including phenoxy) is 4. The minimum atomic E-state index is -1.65. The third kappa shape index (κ3) is 4.22. The number of phenolic OH excluding ortho intramolecular Hbond substituents is 2. The first kappa shape index (κ1) is 24.3.